The fourth-order valence-corrected chi connectivity index (χ4v) is 9.91. The van der Waals surface area contributed by atoms with Crippen molar-refractivity contribution in [1.82, 2.24) is 0 Å². The van der Waals surface area contributed by atoms with Crippen LogP contribution < -0.4 is 0 Å². The van der Waals surface area contributed by atoms with Crippen LogP contribution in [0.3, 0.4) is 0 Å². The van der Waals surface area contributed by atoms with Crippen LogP contribution in [-0.4, -0.2) is 0 Å². The van der Waals surface area contributed by atoms with Gasteiger partial charge in [0.1, 0.15) is 0 Å². The highest BCUT2D eigenvalue weighted by Gasteiger charge is 2.02. The normalized spacial score (nSPS) is 11.5. The third-order valence-electron chi connectivity index (χ3n) is 11.7. The van der Waals surface area contributed by atoms with Crippen LogP contribution in [0.4, 0.5) is 0 Å². The molecule has 0 saturated heterocycles. The first-order chi connectivity index (χ1) is 26.8. The Labute approximate surface area is 347 Å². The minimum atomic E-state index is 1.23. The standard InChI is InChI=1S/C52H90S2/c1-3-5-7-9-11-13-15-17-19-21-23-25-27-29-31-33-35-37-39-49-41-45-51(46-42-49)53-54-52-47-43-50(44-48-52)40-38-36-34-32-30-28-26-24-22-20-18-16-14-12-10-8-6-4-2/h41-48H,3-40H2,1-2H3. The van der Waals surface area contributed by atoms with Crippen molar-refractivity contribution in [3.8, 4) is 0 Å². The van der Waals surface area contributed by atoms with E-state index in [0.29, 0.717) is 0 Å². The molecule has 310 valence electrons. The van der Waals surface area contributed by atoms with Gasteiger partial charge in [0.05, 0.1) is 0 Å². The van der Waals surface area contributed by atoms with Crippen molar-refractivity contribution < 1.29 is 0 Å². The second kappa shape index (κ2) is 39.0. The Kier molecular flexibility index (Phi) is 35.6. The molecule has 0 fully saturated rings. The van der Waals surface area contributed by atoms with Gasteiger partial charge in [-0.05, 0) is 61.1 Å². The van der Waals surface area contributed by atoms with Gasteiger partial charge in [-0.15, -0.1) is 0 Å². The van der Waals surface area contributed by atoms with Gasteiger partial charge in [-0.25, -0.2) is 0 Å². The molecule has 0 aliphatic carbocycles. The fraction of sp³-hybridized carbons (Fsp3) is 0.769. The summed E-state index contributed by atoms with van der Waals surface area (Å²) in [7, 11) is 3.79. The van der Waals surface area contributed by atoms with Crippen LogP contribution in [-0.2, 0) is 12.8 Å². The Balaban J connectivity index is 1.34. The Hall–Kier alpha value is -0.860. The summed E-state index contributed by atoms with van der Waals surface area (Å²) in [5.41, 5.74) is 3.01. The minimum Gasteiger partial charge on any atom is -0.0654 e. The number of unbranched alkanes of at least 4 members (excludes halogenated alkanes) is 34. The van der Waals surface area contributed by atoms with Crippen LogP contribution in [0.2, 0.25) is 0 Å². The molecule has 0 aliphatic heterocycles. The summed E-state index contributed by atoms with van der Waals surface area (Å²) in [6.07, 6.45) is 54.4. The van der Waals surface area contributed by atoms with Crippen molar-refractivity contribution in [2.45, 2.75) is 268 Å². The second-order valence-corrected chi connectivity index (χ2v) is 19.3. The van der Waals surface area contributed by atoms with E-state index in [2.05, 4.69) is 62.4 Å². The fourth-order valence-electron chi connectivity index (χ4n) is 7.98. The van der Waals surface area contributed by atoms with Crippen molar-refractivity contribution in [2.24, 2.45) is 0 Å². The number of aryl methyl sites for hydroxylation is 2. The summed E-state index contributed by atoms with van der Waals surface area (Å²) in [5, 5.41) is 0. The summed E-state index contributed by atoms with van der Waals surface area (Å²) in [6.45, 7) is 4.61. The van der Waals surface area contributed by atoms with E-state index in [-0.39, 0.29) is 0 Å². The van der Waals surface area contributed by atoms with Crippen LogP contribution in [0, 0.1) is 0 Å². The lowest BCUT2D eigenvalue weighted by atomic mass is 10.0. The van der Waals surface area contributed by atoms with E-state index in [1.807, 2.05) is 21.6 Å². The zero-order valence-corrected chi connectivity index (χ0v) is 37.9. The molecule has 0 unspecified atom stereocenters. The zero-order chi connectivity index (χ0) is 38.3. The van der Waals surface area contributed by atoms with Crippen molar-refractivity contribution in [3.63, 3.8) is 0 Å². The molecule has 0 bridgehead atoms. The van der Waals surface area contributed by atoms with Gasteiger partial charge in [0.15, 0.2) is 0 Å². The maximum absolute atomic E-state index is 2.36. The van der Waals surface area contributed by atoms with Crippen molar-refractivity contribution in [2.75, 3.05) is 0 Å². The van der Waals surface area contributed by atoms with E-state index in [1.165, 1.54) is 265 Å². The first-order valence-corrected chi connectivity index (χ1v) is 26.5. The Morgan fingerprint density at radius 1 is 0.241 bits per heavy atom. The molecule has 2 aromatic rings. The van der Waals surface area contributed by atoms with E-state index in [4.69, 9.17) is 0 Å². The molecule has 0 radical (unpaired) electrons. The quantitative estimate of drug-likeness (QED) is 0.0487. The molecule has 0 nitrogen and oxygen atoms in total. The highest BCUT2D eigenvalue weighted by Crippen LogP contribution is 2.37. The first-order valence-electron chi connectivity index (χ1n) is 24.3. The minimum absolute atomic E-state index is 1.23. The molecule has 0 saturated carbocycles. The molecule has 0 spiro atoms. The monoisotopic (exact) mass is 779 g/mol. The smallest absolute Gasteiger partial charge is 0.0186 e. The van der Waals surface area contributed by atoms with E-state index >= 15 is 0 Å². The van der Waals surface area contributed by atoms with Crippen LogP contribution in [0.15, 0.2) is 58.3 Å². The molecule has 0 N–H and O–H groups in total. The maximum Gasteiger partial charge on any atom is 0.0186 e. The molecular weight excluding hydrogens is 689 g/mol. The molecule has 0 aliphatic rings. The molecule has 0 amide bonds. The largest absolute Gasteiger partial charge is 0.0654 e. The third kappa shape index (κ3) is 31.3. The van der Waals surface area contributed by atoms with Gasteiger partial charge >= 0.3 is 0 Å². The van der Waals surface area contributed by atoms with Gasteiger partial charge in [0.25, 0.3) is 0 Å². The molecule has 0 aromatic heterocycles. The summed E-state index contributed by atoms with van der Waals surface area (Å²) in [5.74, 6) is 0. The lowest BCUT2D eigenvalue weighted by molar-refractivity contribution is 0.525. The summed E-state index contributed by atoms with van der Waals surface area (Å²) in [6, 6.07) is 18.8. The summed E-state index contributed by atoms with van der Waals surface area (Å²) < 4.78 is 0. The molecule has 2 aromatic carbocycles. The Morgan fingerprint density at radius 2 is 0.426 bits per heavy atom. The highest BCUT2D eigenvalue weighted by molar-refractivity contribution is 8.76. The number of benzene rings is 2. The van der Waals surface area contributed by atoms with Gasteiger partial charge in [-0.2, -0.15) is 0 Å². The molecule has 0 heterocycles. The lowest BCUT2D eigenvalue weighted by Crippen LogP contribution is -1.87. The molecular formula is C52H90S2. The lowest BCUT2D eigenvalue weighted by Gasteiger charge is -2.06. The van der Waals surface area contributed by atoms with Crippen LogP contribution in [0.25, 0.3) is 0 Å². The Bertz CT molecular complexity index is 928. The van der Waals surface area contributed by atoms with E-state index in [0.717, 1.165) is 0 Å². The van der Waals surface area contributed by atoms with Gasteiger partial charge in [0.2, 0.25) is 0 Å². The van der Waals surface area contributed by atoms with Gasteiger partial charge < -0.3 is 0 Å². The van der Waals surface area contributed by atoms with Crippen LogP contribution in [0.5, 0.6) is 0 Å². The van der Waals surface area contributed by atoms with Gasteiger partial charge in [0, 0.05) is 9.79 Å². The van der Waals surface area contributed by atoms with Crippen molar-refractivity contribution in [3.05, 3.63) is 59.7 Å². The number of rotatable bonds is 41. The van der Waals surface area contributed by atoms with Crippen molar-refractivity contribution >= 4 is 21.6 Å². The van der Waals surface area contributed by atoms with E-state index < -0.39 is 0 Å². The zero-order valence-electron chi connectivity index (χ0n) is 36.3. The highest BCUT2D eigenvalue weighted by atomic mass is 33.1. The van der Waals surface area contributed by atoms with E-state index in [9.17, 15) is 0 Å². The summed E-state index contributed by atoms with van der Waals surface area (Å²) in [4.78, 5) is 2.73. The summed E-state index contributed by atoms with van der Waals surface area (Å²) >= 11 is 0. The molecule has 54 heavy (non-hydrogen) atoms. The van der Waals surface area contributed by atoms with Gasteiger partial charge in [-0.1, -0.05) is 278 Å². The SMILES string of the molecule is CCCCCCCCCCCCCCCCCCCCc1ccc(SSc2ccc(CCCCCCCCCCCCCCCCCCCC)cc2)cc1. The molecule has 2 heteroatoms. The second-order valence-electron chi connectivity index (χ2n) is 17.0. The van der Waals surface area contributed by atoms with Crippen molar-refractivity contribution in [1.29, 1.82) is 0 Å². The first kappa shape index (κ1) is 49.3. The number of hydrogen-bond acceptors (Lipinski definition) is 2. The number of hydrogen-bond donors (Lipinski definition) is 0. The van der Waals surface area contributed by atoms with E-state index in [1.54, 1.807) is 0 Å². The predicted octanol–water partition coefficient (Wildman–Crippen LogP) is 19.7. The van der Waals surface area contributed by atoms with Gasteiger partial charge in [-0.3, -0.25) is 0 Å². The third-order valence-corrected chi connectivity index (χ3v) is 14.1. The van der Waals surface area contributed by atoms with Crippen LogP contribution >= 0.6 is 21.6 Å². The average Bonchev–Trinajstić information content (AvgIpc) is 3.20. The van der Waals surface area contributed by atoms with Crippen LogP contribution in [0.1, 0.15) is 256 Å². The molecule has 0 atom stereocenters. The topological polar surface area (TPSA) is 0 Å². The Morgan fingerprint density at radius 3 is 0.630 bits per heavy atom. The predicted molar refractivity (Wildman–Crippen MR) is 250 cm³/mol. The average molecular weight is 779 g/mol. The maximum atomic E-state index is 2.36. The molecule has 2 rings (SSSR count).